The zero-order chi connectivity index (χ0) is 5.70. The SMILES string of the molecule is CN(CN)CCS. The van der Waals surface area contributed by atoms with E-state index < -0.39 is 0 Å². The predicted molar refractivity (Wildman–Crippen MR) is 35.5 cm³/mol. The molecule has 0 aliphatic rings. The largest absolute Gasteiger partial charge is 0.318 e. The molecule has 0 bridgehead atoms. The van der Waals surface area contributed by atoms with Crippen LogP contribution in [0.2, 0.25) is 0 Å². The van der Waals surface area contributed by atoms with Crippen LogP contribution in [0.4, 0.5) is 0 Å². The molecule has 7 heavy (non-hydrogen) atoms. The van der Waals surface area contributed by atoms with Crippen LogP contribution in [0.1, 0.15) is 0 Å². The van der Waals surface area contributed by atoms with Crippen molar-refractivity contribution in [3.05, 3.63) is 0 Å². The predicted octanol–water partition coefficient (Wildman–Crippen LogP) is -0.236. The summed E-state index contributed by atoms with van der Waals surface area (Å²) in [5.74, 6) is 0.883. The van der Waals surface area contributed by atoms with Gasteiger partial charge in [0.1, 0.15) is 0 Å². The van der Waals surface area contributed by atoms with E-state index in [-0.39, 0.29) is 0 Å². The third kappa shape index (κ3) is 4.12. The number of hydrogen-bond acceptors (Lipinski definition) is 3. The fraction of sp³-hybridized carbons (Fsp3) is 1.00. The summed E-state index contributed by atoms with van der Waals surface area (Å²) >= 11 is 4.02. The fourth-order valence-electron chi connectivity index (χ4n) is 0.262. The Hall–Kier alpha value is 0.270. The topological polar surface area (TPSA) is 29.3 Å². The molecule has 2 nitrogen and oxygen atoms in total. The van der Waals surface area contributed by atoms with Crippen molar-refractivity contribution >= 4 is 12.6 Å². The van der Waals surface area contributed by atoms with Crippen LogP contribution in [0.25, 0.3) is 0 Å². The van der Waals surface area contributed by atoms with Crippen LogP contribution in [-0.2, 0) is 0 Å². The lowest BCUT2D eigenvalue weighted by atomic mass is 10.7. The highest BCUT2D eigenvalue weighted by atomic mass is 32.1. The first-order chi connectivity index (χ1) is 3.31. The third-order valence-corrected chi connectivity index (χ3v) is 0.993. The maximum absolute atomic E-state index is 5.25. The van der Waals surface area contributed by atoms with Gasteiger partial charge in [-0.1, -0.05) is 0 Å². The van der Waals surface area contributed by atoms with Gasteiger partial charge in [0, 0.05) is 19.0 Å². The molecule has 0 fully saturated rings. The number of rotatable bonds is 3. The Morgan fingerprint density at radius 3 is 2.43 bits per heavy atom. The number of nitrogens with two attached hydrogens (primary N) is 1. The van der Waals surface area contributed by atoms with E-state index in [4.69, 9.17) is 5.73 Å². The second kappa shape index (κ2) is 4.43. The molecule has 0 radical (unpaired) electrons. The second-order valence-corrected chi connectivity index (χ2v) is 1.93. The van der Waals surface area contributed by atoms with Gasteiger partial charge in [0.15, 0.2) is 0 Å². The minimum absolute atomic E-state index is 0.626. The summed E-state index contributed by atoms with van der Waals surface area (Å²) in [6.45, 7) is 1.60. The summed E-state index contributed by atoms with van der Waals surface area (Å²) in [6, 6.07) is 0. The molecular weight excluding hydrogens is 108 g/mol. The maximum Gasteiger partial charge on any atom is 0.0452 e. The molecule has 0 rings (SSSR count). The van der Waals surface area contributed by atoms with E-state index in [2.05, 4.69) is 12.6 Å². The van der Waals surface area contributed by atoms with Crippen molar-refractivity contribution in [2.45, 2.75) is 0 Å². The lowest BCUT2D eigenvalue weighted by Gasteiger charge is -2.09. The first kappa shape index (κ1) is 7.27. The number of nitrogens with zero attached hydrogens (tertiary/aromatic N) is 1. The average molecular weight is 120 g/mol. The van der Waals surface area contributed by atoms with Gasteiger partial charge in [-0.2, -0.15) is 12.6 Å². The van der Waals surface area contributed by atoms with Crippen molar-refractivity contribution in [2.75, 3.05) is 26.0 Å². The summed E-state index contributed by atoms with van der Waals surface area (Å²) in [5.41, 5.74) is 5.25. The van der Waals surface area contributed by atoms with Gasteiger partial charge in [0.25, 0.3) is 0 Å². The highest BCUT2D eigenvalue weighted by Gasteiger charge is 1.87. The number of thiol groups is 1. The van der Waals surface area contributed by atoms with Crippen LogP contribution in [0, 0.1) is 0 Å². The molecule has 0 aromatic rings. The van der Waals surface area contributed by atoms with Gasteiger partial charge in [-0.15, -0.1) is 0 Å². The molecule has 0 saturated heterocycles. The Labute approximate surface area is 50.1 Å². The summed E-state index contributed by atoms with van der Waals surface area (Å²) in [6.07, 6.45) is 0. The molecule has 3 heteroatoms. The van der Waals surface area contributed by atoms with Crippen LogP contribution in [0.15, 0.2) is 0 Å². The normalized spacial score (nSPS) is 10.3. The van der Waals surface area contributed by atoms with E-state index in [1.54, 1.807) is 0 Å². The van der Waals surface area contributed by atoms with Gasteiger partial charge in [-0.3, -0.25) is 4.90 Å². The molecule has 0 aromatic carbocycles. The van der Waals surface area contributed by atoms with Gasteiger partial charge in [-0.05, 0) is 7.05 Å². The Morgan fingerprint density at radius 2 is 2.29 bits per heavy atom. The molecular formula is C4H12N2S. The Balaban J connectivity index is 2.83. The van der Waals surface area contributed by atoms with Crippen molar-refractivity contribution in [3.8, 4) is 0 Å². The third-order valence-electron chi connectivity index (χ3n) is 0.793. The van der Waals surface area contributed by atoms with E-state index in [9.17, 15) is 0 Å². The molecule has 0 amide bonds. The molecule has 0 saturated carbocycles. The van der Waals surface area contributed by atoms with E-state index >= 15 is 0 Å². The Kier molecular flexibility index (Phi) is 4.60. The van der Waals surface area contributed by atoms with Gasteiger partial charge in [0.2, 0.25) is 0 Å². The molecule has 0 aromatic heterocycles. The molecule has 2 N–H and O–H groups in total. The Morgan fingerprint density at radius 1 is 1.71 bits per heavy atom. The van der Waals surface area contributed by atoms with E-state index in [0.717, 1.165) is 12.3 Å². The minimum Gasteiger partial charge on any atom is -0.318 e. The van der Waals surface area contributed by atoms with Crippen molar-refractivity contribution in [1.82, 2.24) is 4.90 Å². The molecule has 0 aliphatic heterocycles. The highest BCUT2D eigenvalue weighted by Crippen LogP contribution is 1.77. The quantitative estimate of drug-likeness (QED) is 0.398. The summed E-state index contributed by atoms with van der Waals surface area (Å²) < 4.78 is 0. The molecule has 0 unspecified atom stereocenters. The second-order valence-electron chi connectivity index (χ2n) is 1.49. The molecule has 0 heterocycles. The van der Waals surface area contributed by atoms with E-state index in [1.807, 2.05) is 11.9 Å². The average Bonchev–Trinajstić information content (AvgIpc) is 1.68. The number of hydrogen-bond donors (Lipinski definition) is 2. The zero-order valence-corrected chi connectivity index (χ0v) is 5.49. The van der Waals surface area contributed by atoms with Crippen LogP contribution < -0.4 is 5.73 Å². The maximum atomic E-state index is 5.25. The fourth-order valence-corrected chi connectivity index (χ4v) is 0.603. The van der Waals surface area contributed by atoms with Gasteiger partial charge >= 0.3 is 0 Å². The van der Waals surface area contributed by atoms with Crippen LogP contribution >= 0.6 is 12.6 Å². The highest BCUT2D eigenvalue weighted by molar-refractivity contribution is 7.80. The van der Waals surface area contributed by atoms with Crippen molar-refractivity contribution < 1.29 is 0 Å². The van der Waals surface area contributed by atoms with Crippen LogP contribution in [0.3, 0.4) is 0 Å². The first-order valence-electron chi connectivity index (χ1n) is 2.30. The molecule has 0 spiro atoms. The standard InChI is InChI=1S/C4H12N2S/c1-6(4-5)2-3-7/h7H,2-5H2,1H3. The Bertz CT molecular complexity index is 40.7. The van der Waals surface area contributed by atoms with E-state index in [0.29, 0.717) is 6.67 Å². The van der Waals surface area contributed by atoms with Gasteiger partial charge in [-0.25, -0.2) is 0 Å². The molecule has 0 aliphatic carbocycles. The lowest BCUT2D eigenvalue weighted by Crippen LogP contribution is -2.27. The van der Waals surface area contributed by atoms with Crippen molar-refractivity contribution in [1.29, 1.82) is 0 Å². The van der Waals surface area contributed by atoms with Crippen LogP contribution in [-0.4, -0.2) is 30.9 Å². The van der Waals surface area contributed by atoms with Crippen molar-refractivity contribution in [2.24, 2.45) is 5.73 Å². The lowest BCUT2D eigenvalue weighted by molar-refractivity contribution is 0.368. The monoisotopic (exact) mass is 120 g/mol. The van der Waals surface area contributed by atoms with Crippen LogP contribution in [0.5, 0.6) is 0 Å². The molecule has 0 atom stereocenters. The minimum atomic E-state index is 0.626. The zero-order valence-electron chi connectivity index (χ0n) is 4.59. The summed E-state index contributed by atoms with van der Waals surface area (Å²) in [4.78, 5) is 2.01. The smallest absolute Gasteiger partial charge is 0.0452 e. The van der Waals surface area contributed by atoms with Gasteiger partial charge < -0.3 is 5.73 Å². The van der Waals surface area contributed by atoms with E-state index in [1.165, 1.54) is 0 Å². The summed E-state index contributed by atoms with van der Waals surface area (Å²) in [5, 5.41) is 0. The molecule has 44 valence electrons. The summed E-state index contributed by atoms with van der Waals surface area (Å²) in [7, 11) is 1.97. The first-order valence-corrected chi connectivity index (χ1v) is 2.94. The van der Waals surface area contributed by atoms with Gasteiger partial charge in [0.05, 0.1) is 0 Å². The van der Waals surface area contributed by atoms with Crippen molar-refractivity contribution in [3.63, 3.8) is 0 Å².